The quantitative estimate of drug-likeness (QED) is 0.300. The molecule has 0 aliphatic rings. The van der Waals surface area contributed by atoms with Crippen molar-refractivity contribution in [3.05, 3.63) is 0 Å². The summed E-state index contributed by atoms with van der Waals surface area (Å²) in [4.78, 5) is 10.5. The van der Waals surface area contributed by atoms with Gasteiger partial charge in [0.15, 0.2) is 0 Å². The Morgan fingerprint density at radius 2 is 1.17 bits per heavy atom. The third-order valence-corrected chi connectivity index (χ3v) is 3.05. The van der Waals surface area contributed by atoms with Crippen molar-refractivity contribution in [2.75, 3.05) is 6.61 Å². The van der Waals surface area contributed by atoms with Gasteiger partial charge in [0.2, 0.25) is 0 Å². The molecule has 0 spiro atoms. The van der Waals surface area contributed by atoms with E-state index < -0.39 is 0 Å². The second-order valence-electron chi connectivity index (χ2n) is 4.88. The molecule has 0 aromatic carbocycles. The Morgan fingerprint density at radius 1 is 0.778 bits per heavy atom. The molecule has 0 rings (SSSR count). The van der Waals surface area contributed by atoms with E-state index in [1.54, 1.807) is 0 Å². The molecule has 0 radical (unpaired) electrons. The molecule has 0 aromatic heterocycles. The number of carbonyl (C=O) groups is 1. The average molecular weight is 266 g/mol. The van der Waals surface area contributed by atoms with Gasteiger partial charge in [-0.15, -0.1) is 0 Å². The number of ether oxygens (including phenoxy) is 1. The van der Waals surface area contributed by atoms with Crippen LogP contribution in [0.3, 0.4) is 0 Å². The monoisotopic (exact) mass is 266 g/mol. The molecular formula is C15H31NaO2. The Labute approximate surface area is 136 Å². The summed E-state index contributed by atoms with van der Waals surface area (Å²) >= 11 is 0. The van der Waals surface area contributed by atoms with Crippen molar-refractivity contribution in [3.8, 4) is 0 Å². The van der Waals surface area contributed by atoms with Gasteiger partial charge in [-0.05, 0) is 6.42 Å². The van der Waals surface area contributed by atoms with Crippen molar-refractivity contribution in [2.24, 2.45) is 0 Å². The standard InChI is InChI=1S/C15H30O2.Na.H/c1-3-4-5-6-7-8-9-10-11-12-13-14-17-15(2)16;;/h3-14H2,1-2H3;;. The molecule has 0 amide bonds. The molecule has 3 heteroatoms. The van der Waals surface area contributed by atoms with Crippen LogP contribution >= 0.6 is 0 Å². The van der Waals surface area contributed by atoms with Gasteiger partial charge in [-0.2, -0.15) is 0 Å². The summed E-state index contributed by atoms with van der Waals surface area (Å²) in [5, 5.41) is 0. The number of rotatable bonds is 12. The number of hydrogen-bond donors (Lipinski definition) is 0. The van der Waals surface area contributed by atoms with Crippen molar-refractivity contribution < 1.29 is 9.53 Å². The fourth-order valence-corrected chi connectivity index (χ4v) is 1.98. The van der Waals surface area contributed by atoms with Gasteiger partial charge in [0.25, 0.3) is 0 Å². The predicted octanol–water partition coefficient (Wildman–Crippen LogP) is 4.21. The first kappa shape index (κ1) is 20.8. The maximum absolute atomic E-state index is 10.5. The summed E-state index contributed by atoms with van der Waals surface area (Å²) in [5.74, 6) is -0.155. The van der Waals surface area contributed by atoms with E-state index in [1.165, 1.54) is 71.1 Å². The first-order valence-corrected chi connectivity index (χ1v) is 7.40. The van der Waals surface area contributed by atoms with Gasteiger partial charge in [0, 0.05) is 6.92 Å². The van der Waals surface area contributed by atoms with Crippen LogP contribution in [0.2, 0.25) is 0 Å². The Balaban J connectivity index is 0. The molecule has 104 valence electrons. The van der Waals surface area contributed by atoms with Crippen LogP contribution in [-0.4, -0.2) is 42.1 Å². The van der Waals surface area contributed by atoms with Crippen LogP contribution < -0.4 is 0 Å². The average Bonchev–Trinajstić information content (AvgIpc) is 2.30. The van der Waals surface area contributed by atoms with E-state index >= 15 is 0 Å². The normalized spacial score (nSPS) is 9.89. The first-order valence-electron chi connectivity index (χ1n) is 7.40. The second kappa shape index (κ2) is 17.5. The van der Waals surface area contributed by atoms with Crippen molar-refractivity contribution in [1.29, 1.82) is 0 Å². The predicted molar refractivity (Wildman–Crippen MR) is 80.2 cm³/mol. The zero-order valence-electron chi connectivity index (χ0n) is 11.8. The van der Waals surface area contributed by atoms with Crippen LogP contribution in [0.5, 0.6) is 0 Å². The van der Waals surface area contributed by atoms with Gasteiger partial charge in [0.1, 0.15) is 0 Å². The molecule has 0 N–H and O–H groups in total. The maximum atomic E-state index is 10.5. The molecule has 0 saturated heterocycles. The molecular weight excluding hydrogens is 235 g/mol. The van der Waals surface area contributed by atoms with Gasteiger partial charge in [0.05, 0.1) is 6.61 Å². The third-order valence-electron chi connectivity index (χ3n) is 3.05. The number of carbonyl (C=O) groups excluding carboxylic acids is 1. The summed E-state index contributed by atoms with van der Waals surface area (Å²) in [6.45, 7) is 4.33. The zero-order chi connectivity index (χ0) is 12.8. The van der Waals surface area contributed by atoms with Crippen LogP contribution in [0.4, 0.5) is 0 Å². The van der Waals surface area contributed by atoms with E-state index in [2.05, 4.69) is 6.92 Å². The molecule has 0 atom stereocenters. The van der Waals surface area contributed by atoms with Gasteiger partial charge in [-0.25, -0.2) is 0 Å². The van der Waals surface area contributed by atoms with E-state index in [0.717, 1.165) is 6.42 Å². The van der Waals surface area contributed by atoms with E-state index in [4.69, 9.17) is 4.74 Å². The Kier molecular flexibility index (Phi) is 20.2. The molecule has 0 bridgehead atoms. The summed E-state index contributed by atoms with van der Waals surface area (Å²) < 4.78 is 4.89. The Morgan fingerprint density at radius 3 is 1.56 bits per heavy atom. The Hall–Kier alpha value is 0.470. The third kappa shape index (κ3) is 18.8. The SMILES string of the molecule is CCCCCCCCCCCCCOC(C)=O.[NaH]. The second-order valence-corrected chi connectivity index (χ2v) is 4.88. The van der Waals surface area contributed by atoms with Crippen LogP contribution in [0, 0.1) is 0 Å². The van der Waals surface area contributed by atoms with E-state index in [-0.39, 0.29) is 35.5 Å². The minimum absolute atomic E-state index is 0. The summed E-state index contributed by atoms with van der Waals surface area (Å²) in [5.41, 5.74) is 0. The van der Waals surface area contributed by atoms with Crippen LogP contribution in [-0.2, 0) is 9.53 Å². The van der Waals surface area contributed by atoms with Gasteiger partial charge < -0.3 is 4.74 Å². The van der Waals surface area contributed by atoms with Crippen LogP contribution in [0.25, 0.3) is 0 Å². The molecule has 0 saturated carbocycles. The van der Waals surface area contributed by atoms with Crippen LogP contribution in [0.1, 0.15) is 84.5 Å². The molecule has 0 heterocycles. The van der Waals surface area contributed by atoms with E-state index in [0.29, 0.717) is 6.61 Å². The Bertz CT molecular complexity index is 172. The van der Waals surface area contributed by atoms with Crippen molar-refractivity contribution in [3.63, 3.8) is 0 Å². The topological polar surface area (TPSA) is 26.3 Å². The molecule has 0 aromatic rings. The van der Waals surface area contributed by atoms with Gasteiger partial charge in [-0.1, -0.05) is 71.1 Å². The van der Waals surface area contributed by atoms with Gasteiger partial charge >= 0.3 is 35.5 Å². The first-order chi connectivity index (χ1) is 8.27. The fourth-order valence-electron chi connectivity index (χ4n) is 1.98. The molecule has 2 nitrogen and oxygen atoms in total. The minimum atomic E-state index is -0.155. The number of esters is 1. The fraction of sp³-hybridized carbons (Fsp3) is 0.933. The molecule has 0 aliphatic carbocycles. The molecule has 0 fully saturated rings. The van der Waals surface area contributed by atoms with Gasteiger partial charge in [-0.3, -0.25) is 4.79 Å². The number of unbranched alkanes of at least 4 members (excludes halogenated alkanes) is 10. The van der Waals surface area contributed by atoms with Crippen LogP contribution in [0.15, 0.2) is 0 Å². The number of hydrogen-bond acceptors (Lipinski definition) is 2. The van der Waals surface area contributed by atoms with E-state index in [9.17, 15) is 4.79 Å². The van der Waals surface area contributed by atoms with Crippen molar-refractivity contribution in [2.45, 2.75) is 84.5 Å². The summed E-state index contributed by atoms with van der Waals surface area (Å²) in [6.07, 6.45) is 14.6. The summed E-state index contributed by atoms with van der Waals surface area (Å²) in [7, 11) is 0. The zero-order valence-corrected chi connectivity index (χ0v) is 11.8. The van der Waals surface area contributed by atoms with Crippen molar-refractivity contribution >= 4 is 35.5 Å². The molecule has 0 aliphatic heterocycles. The van der Waals surface area contributed by atoms with E-state index in [1.807, 2.05) is 0 Å². The summed E-state index contributed by atoms with van der Waals surface area (Å²) in [6, 6.07) is 0. The molecule has 18 heavy (non-hydrogen) atoms. The molecule has 0 unspecified atom stereocenters. The van der Waals surface area contributed by atoms with Crippen molar-refractivity contribution in [1.82, 2.24) is 0 Å².